The van der Waals surface area contributed by atoms with E-state index in [4.69, 9.17) is 23.2 Å². The van der Waals surface area contributed by atoms with E-state index in [0.29, 0.717) is 22.5 Å². The first-order valence-electron chi connectivity index (χ1n) is 9.63. The van der Waals surface area contributed by atoms with Crippen LogP contribution in [0.15, 0.2) is 42.5 Å². The van der Waals surface area contributed by atoms with Gasteiger partial charge in [0.15, 0.2) is 5.78 Å². The molecule has 28 heavy (non-hydrogen) atoms. The van der Waals surface area contributed by atoms with Crippen molar-refractivity contribution in [2.24, 2.45) is 0 Å². The summed E-state index contributed by atoms with van der Waals surface area (Å²) in [5.74, 6) is 0.173. The number of hydrogen-bond donors (Lipinski definition) is 1. The number of benzene rings is 2. The smallest absolute Gasteiger partial charge is 0.158 e. The summed E-state index contributed by atoms with van der Waals surface area (Å²) in [6.45, 7) is 3.34. The van der Waals surface area contributed by atoms with E-state index in [1.165, 1.54) is 31.5 Å². The van der Waals surface area contributed by atoms with Gasteiger partial charge in [-0.1, -0.05) is 53.5 Å². The van der Waals surface area contributed by atoms with Gasteiger partial charge in [-0.2, -0.15) is 0 Å². The van der Waals surface area contributed by atoms with Crippen molar-refractivity contribution < 1.29 is 4.79 Å². The molecule has 0 aromatic heterocycles. The number of carbonyl (C=O) groups is 1. The molecule has 0 amide bonds. The third-order valence-electron chi connectivity index (χ3n) is 5.60. The van der Waals surface area contributed by atoms with Gasteiger partial charge in [-0.3, -0.25) is 10.1 Å². The summed E-state index contributed by atoms with van der Waals surface area (Å²) in [5, 5.41) is 4.64. The zero-order valence-corrected chi connectivity index (χ0v) is 18.0. The number of nitrogens with one attached hydrogen (secondary N) is 1. The van der Waals surface area contributed by atoms with Gasteiger partial charge in [0.2, 0.25) is 0 Å². The van der Waals surface area contributed by atoms with Crippen LogP contribution in [0.2, 0.25) is 10.0 Å². The fraction of sp³-hybridized carbons (Fsp3) is 0.409. The Morgan fingerprint density at radius 1 is 1.07 bits per heavy atom. The molecule has 2 heterocycles. The molecule has 6 heteroatoms. The van der Waals surface area contributed by atoms with Crippen molar-refractivity contribution in [2.45, 2.75) is 37.8 Å². The monoisotopic (exact) mass is 438 g/mol. The van der Waals surface area contributed by atoms with Crippen molar-refractivity contribution in [3.8, 4) is 0 Å². The van der Waals surface area contributed by atoms with Gasteiger partial charge in [-0.05, 0) is 61.2 Å². The Bertz CT molecular complexity index is 836. The van der Waals surface area contributed by atoms with Crippen LogP contribution in [0, 0.1) is 0 Å². The molecule has 4 rings (SSSR count). The molecule has 0 radical (unpaired) electrons. The fourth-order valence-electron chi connectivity index (χ4n) is 4.26. The highest BCUT2D eigenvalue weighted by atomic mass is 35.5. The third-order valence-corrected chi connectivity index (χ3v) is 6.34. The largest absolute Gasteiger partial charge is 0.302 e. The molecule has 2 aliphatic rings. The Labute approximate surface area is 182 Å². The number of rotatable bonds is 5. The van der Waals surface area contributed by atoms with E-state index in [1.807, 2.05) is 12.1 Å². The summed E-state index contributed by atoms with van der Waals surface area (Å²) < 4.78 is 0. The van der Waals surface area contributed by atoms with Crippen molar-refractivity contribution in [1.29, 1.82) is 0 Å². The average Bonchev–Trinajstić information content (AvgIpc) is 3.17. The molecule has 150 valence electrons. The number of Topliss-reactive ketones (excluding diaryl/α,β-unsaturated/α-hetero) is 1. The summed E-state index contributed by atoms with van der Waals surface area (Å²) in [4.78, 5) is 15.7. The van der Waals surface area contributed by atoms with Gasteiger partial charge in [0, 0.05) is 19.0 Å². The Morgan fingerprint density at radius 2 is 1.82 bits per heavy atom. The molecule has 0 aliphatic carbocycles. The summed E-state index contributed by atoms with van der Waals surface area (Å²) in [7, 11) is 0. The topological polar surface area (TPSA) is 32.3 Å². The van der Waals surface area contributed by atoms with E-state index >= 15 is 0 Å². The fourth-order valence-corrected chi connectivity index (χ4v) is 4.59. The molecular weight excluding hydrogens is 415 g/mol. The number of likely N-dealkylation sites (tertiary alicyclic amines) is 1. The van der Waals surface area contributed by atoms with E-state index in [9.17, 15) is 4.79 Å². The van der Waals surface area contributed by atoms with Crippen LogP contribution in [-0.4, -0.2) is 36.4 Å². The second-order valence-electron chi connectivity index (χ2n) is 7.60. The van der Waals surface area contributed by atoms with Gasteiger partial charge < -0.3 is 4.90 Å². The first-order chi connectivity index (χ1) is 13.1. The third kappa shape index (κ3) is 4.90. The van der Waals surface area contributed by atoms with Crippen LogP contribution in [0.3, 0.4) is 0 Å². The van der Waals surface area contributed by atoms with Crippen LogP contribution < -0.4 is 5.32 Å². The minimum absolute atomic E-state index is 0. The number of hydrogen-bond acceptors (Lipinski definition) is 3. The minimum Gasteiger partial charge on any atom is -0.302 e. The zero-order valence-electron chi connectivity index (χ0n) is 15.7. The van der Waals surface area contributed by atoms with E-state index in [2.05, 4.69) is 28.4 Å². The molecule has 0 spiro atoms. The Hall–Kier alpha value is -1.10. The molecule has 1 N–H and O–H groups in total. The standard InChI is InChI=1S/C22H24Cl2N2O.ClH/c23-19-8-7-15(11-20(19)24)12-21(27)22-18-6-2-1-5-16(18)13-17(25-22)14-26-9-3-4-10-26;/h1-2,5-8,11,17,22,25H,3-4,9-10,12-14H2;1H/t17-,22+;/m0./s1. The van der Waals surface area contributed by atoms with Gasteiger partial charge in [-0.25, -0.2) is 0 Å². The number of nitrogens with zero attached hydrogens (tertiary/aromatic N) is 1. The van der Waals surface area contributed by atoms with Gasteiger partial charge in [-0.15, -0.1) is 12.4 Å². The predicted molar refractivity (Wildman–Crippen MR) is 118 cm³/mol. The second-order valence-corrected chi connectivity index (χ2v) is 8.41. The molecule has 3 nitrogen and oxygen atoms in total. The lowest BCUT2D eigenvalue weighted by molar-refractivity contribution is -0.121. The van der Waals surface area contributed by atoms with Crippen molar-refractivity contribution in [3.05, 3.63) is 69.2 Å². The SMILES string of the molecule is Cl.O=C(Cc1ccc(Cl)c(Cl)c1)[C@@H]1N[C@H](CN2CCCC2)Cc2ccccc21. The van der Waals surface area contributed by atoms with Crippen LogP contribution >= 0.6 is 35.6 Å². The van der Waals surface area contributed by atoms with Gasteiger partial charge in [0.25, 0.3) is 0 Å². The van der Waals surface area contributed by atoms with E-state index in [1.54, 1.807) is 12.1 Å². The maximum Gasteiger partial charge on any atom is 0.158 e. The van der Waals surface area contributed by atoms with Crippen LogP contribution in [0.1, 0.15) is 35.6 Å². The molecule has 1 fully saturated rings. The quantitative estimate of drug-likeness (QED) is 0.721. The summed E-state index contributed by atoms with van der Waals surface area (Å²) in [6, 6.07) is 13.8. The molecule has 2 aromatic carbocycles. The predicted octanol–water partition coefficient (Wildman–Crippen LogP) is 4.88. The lowest BCUT2D eigenvalue weighted by atomic mass is 9.86. The van der Waals surface area contributed by atoms with E-state index < -0.39 is 0 Å². The number of fused-ring (bicyclic) bond motifs is 1. The molecule has 2 atom stereocenters. The summed E-state index contributed by atoms with van der Waals surface area (Å²) >= 11 is 12.1. The van der Waals surface area contributed by atoms with Crippen LogP contribution in [0.4, 0.5) is 0 Å². The Balaban J connectivity index is 0.00000225. The number of ketones is 1. The highest BCUT2D eigenvalue weighted by Crippen LogP contribution is 2.29. The summed E-state index contributed by atoms with van der Waals surface area (Å²) in [5.41, 5.74) is 3.29. The van der Waals surface area contributed by atoms with Gasteiger partial charge in [0.05, 0.1) is 16.1 Å². The van der Waals surface area contributed by atoms with Crippen molar-refractivity contribution in [2.75, 3.05) is 19.6 Å². The zero-order chi connectivity index (χ0) is 18.8. The molecule has 0 unspecified atom stereocenters. The first-order valence-corrected chi connectivity index (χ1v) is 10.4. The minimum atomic E-state index is -0.267. The lowest BCUT2D eigenvalue weighted by Crippen LogP contribution is -2.48. The van der Waals surface area contributed by atoms with Gasteiger partial charge >= 0.3 is 0 Å². The maximum absolute atomic E-state index is 13.2. The maximum atomic E-state index is 13.2. The summed E-state index contributed by atoms with van der Waals surface area (Å²) in [6.07, 6.45) is 3.88. The highest BCUT2D eigenvalue weighted by Gasteiger charge is 2.31. The van der Waals surface area contributed by atoms with E-state index in [0.717, 1.165) is 24.1 Å². The number of carbonyl (C=O) groups excluding carboxylic acids is 1. The van der Waals surface area contributed by atoms with Crippen molar-refractivity contribution >= 4 is 41.4 Å². The molecule has 2 aliphatic heterocycles. The van der Waals surface area contributed by atoms with Crippen LogP contribution in [-0.2, 0) is 17.6 Å². The van der Waals surface area contributed by atoms with Gasteiger partial charge in [0.1, 0.15) is 0 Å². The molecule has 1 saturated heterocycles. The first kappa shape index (κ1) is 21.6. The van der Waals surface area contributed by atoms with Crippen LogP contribution in [0.25, 0.3) is 0 Å². The van der Waals surface area contributed by atoms with Crippen molar-refractivity contribution in [1.82, 2.24) is 10.2 Å². The molecule has 2 aromatic rings. The van der Waals surface area contributed by atoms with Crippen molar-refractivity contribution in [3.63, 3.8) is 0 Å². The normalized spacial score (nSPS) is 21.8. The Morgan fingerprint density at radius 3 is 2.57 bits per heavy atom. The highest BCUT2D eigenvalue weighted by molar-refractivity contribution is 6.42. The Kier molecular flexibility index (Phi) is 7.41. The lowest BCUT2D eigenvalue weighted by Gasteiger charge is -2.34. The second kappa shape index (κ2) is 9.60. The molecule has 0 saturated carbocycles. The number of halogens is 3. The molecular formula is C22H25Cl3N2O. The molecule has 0 bridgehead atoms. The van der Waals surface area contributed by atoms with Crippen LogP contribution in [0.5, 0.6) is 0 Å². The van der Waals surface area contributed by atoms with E-state index in [-0.39, 0.29) is 24.2 Å². The average molecular weight is 440 g/mol.